The highest BCUT2D eigenvalue weighted by Gasteiger charge is 2.52. The zero-order chi connectivity index (χ0) is 58.4. The summed E-state index contributed by atoms with van der Waals surface area (Å²) in [7, 11) is 0. The molecule has 9 aromatic rings. The zero-order valence-electron chi connectivity index (χ0n) is 37.1. The first-order valence-corrected chi connectivity index (χ1v) is 20.5. The molecule has 9 rings (SSSR count). The second-order valence-electron chi connectivity index (χ2n) is 16.7. The van der Waals surface area contributed by atoms with Crippen LogP contribution in [0, 0.1) is 177 Å². The van der Waals surface area contributed by atoms with Crippen molar-refractivity contribution in [2.45, 2.75) is 13.8 Å². The van der Waals surface area contributed by atoms with E-state index in [1.807, 2.05) is 12.1 Å². The van der Waals surface area contributed by atoms with Gasteiger partial charge in [0, 0.05) is 5.56 Å². The van der Waals surface area contributed by atoms with E-state index in [2.05, 4.69) is 25.6 Å². The van der Waals surface area contributed by atoms with Crippen LogP contribution in [-0.4, -0.2) is 6.15 Å². The number of quaternary nitrogens is 1. The van der Waals surface area contributed by atoms with Gasteiger partial charge in [0.25, 0.3) is 0 Å². The molecule has 0 aliphatic heterocycles. The maximum Gasteiger partial charge on any atom is 0.198 e. The van der Waals surface area contributed by atoms with Gasteiger partial charge in [-0.05, 0) is 25.5 Å². The maximum absolute atomic E-state index is 17.4. The summed E-state index contributed by atoms with van der Waals surface area (Å²) < 4.78 is 442. The fourth-order valence-corrected chi connectivity index (χ4v) is 9.21. The average molecular weight is 1150 g/mol. The van der Waals surface area contributed by atoms with Crippen molar-refractivity contribution in [3.8, 4) is 0 Å². The van der Waals surface area contributed by atoms with Gasteiger partial charge in [-0.15, -0.1) is 21.9 Å². The standard InChI is InChI=1S/C40BF28.C8H11N/c42-13-1-5(25(54)37(66)33(62)21(1)50)17(46)29(58)9(13)41(10-14(43)2-6(18(47)30(10)59)26(55)38(67)34(63)22(2)51,11-15(44)3-7(19(48)31(11)60)27(56)39(68)35(64)23(3)52)12-16(45)4-8(20(49)32(12)61)28(57)40(69)36(65)24(4)53;1-6-4-3-5-8(9)7(6)2/h;3-5H,9H2,1-2H3/q-1;/p+1. The van der Waals surface area contributed by atoms with Gasteiger partial charge in [0.05, 0.1) is 43.1 Å². The quantitative estimate of drug-likeness (QED) is 0.0787. The summed E-state index contributed by atoms with van der Waals surface area (Å²) in [6.07, 6.45) is -7.99. The number of aryl methyl sites for hydroxylation is 1. The van der Waals surface area contributed by atoms with Crippen molar-refractivity contribution in [3.05, 3.63) is 192 Å². The number of halogens is 28. The Morgan fingerprint density at radius 2 is 0.397 bits per heavy atom. The molecular weight excluding hydrogens is 1130 g/mol. The molecule has 0 fully saturated rings. The van der Waals surface area contributed by atoms with E-state index in [4.69, 9.17) is 0 Å². The topological polar surface area (TPSA) is 27.6 Å². The molecule has 9 aromatic carbocycles. The molecule has 30 heteroatoms. The third-order valence-corrected chi connectivity index (χ3v) is 12.9. The highest BCUT2D eigenvalue weighted by Crippen LogP contribution is 2.41. The first kappa shape index (κ1) is 56.3. The Kier molecular flexibility index (Phi) is 13.7. The lowest BCUT2D eigenvalue weighted by Gasteiger charge is -2.45. The van der Waals surface area contributed by atoms with Crippen LogP contribution >= 0.6 is 0 Å². The van der Waals surface area contributed by atoms with Crippen LogP contribution in [-0.2, 0) is 0 Å². The Morgan fingerprint density at radius 3 is 0.564 bits per heavy atom. The summed E-state index contributed by atoms with van der Waals surface area (Å²) in [6.45, 7) is 4.20. The molecule has 0 aromatic heterocycles. The van der Waals surface area contributed by atoms with Crippen molar-refractivity contribution >= 4 is 76.8 Å². The molecule has 78 heavy (non-hydrogen) atoms. The zero-order valence-corrected chi connectivity index (χ0v) is 37.1. The normalized spacial score (nSPS) is 12.0. The van der Waals surface area contributed by atoms with Crippen LogP contribution in [0.4, 0.5) is 129 Å². The molecule has 0 bridgehead atoms. The van der Waals surface area contributed by atoms with Crippen LogP contribution in [0.5, 0.6) is 0 Å². The second kappa shape index (κ2) is 18.9. The smallest absolute Gasteiger partial charge is 0.198 e. The van der Waals surface area contributed by atoms with Gasteiger partial charge >= 0.3 is 0 Å². The molecule has 1 nitrogen and oxygen atoms in total. The molecule has 3 N–H and O–H groups in total. The van der Waals surface area contributed by atoms with Gasteiger partial charge in [0.2, 0.25) is 0 Å². The molecule has 0 aliphatic carbocycles. The van der Waals surface area contributed by atoms with Gasteiger partial charge in [0.15, 0.2) is 116 Å². The Bertz CT molecular complexity index is 3720. The third kappa shape index (κ3) is 7.21. The van der Waals surface area contributed by atoms with Gasteiger partial charge in [-0.2, -0.15) is 0 Å². The molecule has 0 unspecified atom stereocenters. The number of benzene rings is 9. The van der Waals surface area contributed by atoms with E-state index in [0.29, 0.717) is 0 Å². The van der Waals surface area contributed by atoms with Crippen LogP contribution in [0.3, 0.4) is 0 Å². The van der Waals surface area contributed by atoms with Gasteiger partial charge in [-0.1, -0.05) is 12.1 Å². The lowest BCUT2D eigenvalue weighted by Crippen LogP contribution is -2.80. The first-order valence-electron chi connectivity index (χ1n) is 20.5. The summed E-state index contributed by atoms with van der Waals surface area (Å²) in [5.41, 5.74) is -8.23. The minimum Gasteiger partial charge on any atom is -0.325 e. The Balaban J connectivity index is 0.000000810. The van der Waals surface area contributed by atoms with Crippen molar-refractivity contribution < 1.29 is 129 Å². The van der Waals surface area contributed by atoms with Crippen LogP contribution < -0.4 is 27.6 Å². The van der Waals surface area contributed by atoms with Crippen LogP contribution in [0.1, 0.15) is 11.1 Å². The number of hydrogen-bond acceptors (Lipinski definition) is 0. The van der Waals surface area contributed by atoms with Crippen LogP contribution in [0.2, 0.25) is 0 Å². The molecule has 0 heterocycles. The Labute approximate surface area is 411 Å². The highest BCUT2D eigenvalue weighted by molar-refractivity contribution is 7.20. The van der Waals surface area contributed by atoms with E-state index in [-0.39, 0.29) is 0 Å². The molecule has 0 atom stereocenters. The predicted octanol–water partition coefficient (Wildman–Crippen LogP) is 12.7. The van der Waals surface area contributed by atoms with E-state index < -0.39 is 234 Å². The average Bonchev–Trinajstić information content (AvgIpc) is 3.55. The van der Waals surface area contributed by atoms with E-state index in [1.54, 1.807) is 0 Å². The minimum atomic E-state index is -7.99. The van der Waals surface area contributed by atoms with Gasteiger partial charge < -0.3 is 5.73 Å². The lowest BCUT2D eigenvalue weighted by atomic mass is 9.12. The van der Waals surface area contributed by atoms with Crippen molar-refractivity contribution in [1.82, 2.24) is 0 Å². The molecular formula is C48H12BF28N. The van der Waals surface area contributed by atoms with Gasteiger partial charge in [-0.3, -0.25) is 0 Å². The first-order chi connectivity index (χ1) is 36.2. The van der Waals surface area contributed by atoms with Gasteiger partial charge in [0.1, 0.15) is 58.4 Å². The minimum absolute atomic E-state index is 1.13. The van der Waals surface area contributed by atoms with E-state index in [0.717, 1.165) is 5.69 Å². The fourth-order valence-electron chi connectivity index (χ4n) is 9.21. The monoisotopic (exact) mass is 1150 g/mol. The molecule has 408 valence electrons. The van der Waals surface area contributed by atoms with Crippen molar-refractivity contribution in [2.24, 2.45) is 0 Å². The van der Waals surface area contributed by atoms with Crippen molar-refractivity contribution in [3.63, 3.8) is 0 Å². The maximum atomic E-state index is 17.4. The molecule has 0 saturated heterocycles. The molecule has 0 aliphatic rings. The Morgan fingerprint density at radius 1 is 0.231 bits per heavy atom. The molecule has 0 saturated carbocycles. The SMILES string of the molecule is Cc1cccc([NH3+])c1C.Fc1c(F)c(F)c2c(F)c([B-](c3c(F)c(F)c4c(F)c(F)c(F)c(F)c4c3F)(c3c(F)c(F)c4c(F)c(F)c(F)c(F)c4c3F)c3c(F)c(F)c4c(F)c(F)c(F)c(F)c4c3F)c(F)c(F)c2c1F. The lowest BCUT2D eigenvalue weighted by molar-refractivity contribution is -0.255. The summed E-state index contributed by atoms with van der Waals surface area (Å²) >= 11 is 0. The number of rotatable bonds is 4. The Hall–Kier alpha value is -7.92. The summed E-state index contributed by atoms with van der Waals surface area (Å²) in [6, 6.07) is 6.16. The highest BCUT2D eigenvalue weighted by atomic mass is 19.2. The van der Waals surface area contributed by atoms with E-state index >= 15 is 87.8 Å². The summed E-state index contributed by atoms with van der Waals surface area (Å²) in [5, 5.41) is -25.0. The third-order valence-electron chi connectivity index (χ3n) is 12.9. The van der Waals surface area contributed by atoms with E-state index in [9.17, 15) is 35.1 Å². The predicted molar refractivity (Wildman–Crippen MR) is 217 cm³/mol. The molecule has 0 radical (unpaired) electrons. The van der Waals surface area contributed by atoms with Crippen molar-refractivity contribution in [2.75, 3.05) is 0 Å². The second-order valence-corrected chi connectivity index (χ2v) is 16.7. The number of fused-ring (bicyclic) bond motifs is 4. The molecule has 0 amide bonds. The van der Waals surface area contributed by atoms with Gasteiger partial charge in [-0.25, -0.2) is 123 Å². The molecule has 0 spiro atoms. The van der Waals surface area contributed by atoms with E-state index in [1.165, 1.54) is 11.1 Å². The largest absolute Gasteiger partial charge is 0.325 e. The fraction of sp³-hybridized carbons (Fsp3) is 0.0417. The summed E-state index contributed by atoms with van der Waals surface area (Å²) in [5.74, 6) is -102. The summed E-state index contributed by atoms with van der Waals surface area (Å²) in [4.78, 5) is 0. The van der Waals surface area contributed by atoms with Crippen LogP contribution in [0.25, 0.3) is 43.1 Å². The van der Waals surface area contributed by atoms with Crippen LogP contribution in [0.15, 0.2) is 18.2 Å². The number of hydrogen-bond donors (Lipinski definition) is 1. The van der Waals surface area contributed by atoms with Crippen molar-refractivity contribution in [1.29, 1.82) is 0 Å².